The molecule has 4 rings (SSSR count). The first-order valence-corrected chi connectivity index (χ1v) is 8.90. The number of fused-ring (bicyclic) bond motifs is 1. The average Bonchev–Trinajstić information content (AvgIpc) is 2.73. The molecule has 2 N–H and O–H groups in total. The van der Waals surface area contributed by atoms with E-state index in [0.717, 1.165) is 16.9 Å². The molecule has 28 heavy (non-hydrogen) atoms. The summed E-state index contributed by atoms with van der Waals surface area (Å²) >= 11 is 0. The fraction of sp³-hybridized carbons (Fsp3) is 0.0455. The van der Waals surface area contributed by atoms with Gasteiger partial charge in [-0.2, -0.15) is 5.10 Å². The van der Waals surface area contributed by atoms with E-state index in [1.54, 1.807) is 6.20 Å². The first-order chi connectivity index (χ1) is 13.7. The van der Waals surface area contributed by atoms with Crippen LogP contribution >= 0.6 is 0 Å². The van der Waals surface area contributed by atoms with Gasteiger partial charge in [0.15, 0.2) is 0 Å². The Morgan fingerprint density at radius 3 is 2.32 bits per heavy atom. The molecule has 0 saturated heterocycles. The second-order valence-electron chi connectivity index (χ2n) is 6.29. The lowest BCUT2D eigenvalue weighted by Crippen LogP contribution is -2.22. The highest BCUT2D eigenvalue weighted by molar-refractivity contribution is 5.88. The first-order valence-electron chi connectivity index (χ1n) is 8.90. The van der Waals surface area contributed by atoms with Gasteiger partial charge in [-0.3, -0.25) is 14.6 Å². The van der Waals surface area contributed by atoms with E-state index in [1.807, 2.05) is 79.7 Å². The van der Waals surface area contributed by atoms with E-state index in [2.05, 4.69) is 20.8 Å². The third-order valence-corrected chi connectivity index (χ3v) is 4.28. The Bertz CT molecular complexity index is 1180. The molecule has 0 unspecified atom stereocenters. The molecular weight excluding hydrogens is 350 g/mol. The summed E-state index contributed by atoms with van der Waals surface area (Å²) in [6.45, 7) is 1.93. The number of nitrogens with zero attached hydrogens (tertiary/aromatic N) is 3. The highest BCUT2D eigenvalue weighted by Gasteiger charge is 2.13. The van der Waals surface area contributed by atoms with Crippen molar-refractivity contribution >= 4 is 29.1 Å². The average molecular weight is 369 g/mol. The van der Waals surface area contributed by atoms with Crippen molar-refractivity contribution < 1.29 is 0 Å². The molecule has 6 heteroatoms. The molecule has 0 amide bonds. The molecule has 0 radical (unpaired) electrons. The van der Waals surface area contributed by atoms with Crippen LogP contribution in [-0.2, 0) is 0 Å². The molecule has 138 valence electrons. The molecule has 0 saturated carbocycles. The van der Waals surface area contributed by atoms with Crippen molar-refractivity contribution in [2.24, 2.45) is 5.10 Å². The Morgan fingerprint density at radius 2 is 1.61 bits per heavy atom. The normalized spacial score (nSPS) is 11.0. The molecule has 0 aliphatic carbocycles. The monoisotopic (exact) mass is 369 g/mol. The lowest BCUT2D eigenvalue weighted by molar-refractivity contribution is 1.03. The quantitative estimate of drug-likeness (QED) is 0.409. The van der Waals surface area contributed by atoms with Crippen molar-refractivity contribution in [3.05, 3.63) is 100 Å². The zero-order valence-corrected chi connectivity index (χ0v) is 15.3. The van der Waals surface area contributed by atoms with Crippen LogP contribution < -0.4 is 16.3 Å². The van der Waals surface area contributed by atoms with Crippen LogP contribution in [0.15, 0.2) is 88.9 Å². The van der Waals surface area contributed by atoms with Gasteiger partial charge < -0.3 is 5.32 Å². The second-order valence-corrected chi connectivity index (χ2v) is 6.29. The molecule has 0 bridgehead atoms. The summed E-state index contributed by atoms with van der Waals surface area (Å²) in [7, 11) is 0. The summed E-state index contributed by atoms with van der Waals surface area (Å²) in [6.07, 6.45) is 3.22. The minimum atomic E-state index is -0.189. The predicted octanol–water partition coefficient (Wildman–Crippen LogP) is 4.19. The molecule has 0 atom stereocenters. The fourth-order valence-electron chi connectivity index (χ4n) is 2.87. The standard InChI is InChI=1S/C22H19N5O/c1-16-9-8-14-27-21(16)25-20(24-17-10-4-2-5-11-17)19(22(27)28)15-23-26-18-12-6-3-7-13-18/h2-15,24,26H,1H3/b23-15+. The van der Waals surface area contributed by atoms with Crippen molar-refractivity contribution in [1.82, 2.24) is 9.38 Å². The molecule has 0 fully saturated rings. The van der Waals surface area contributed by atoms with E-state index in [4.69, 9.17) is 0 Å². The number of hydrogen-bond acceptors (Lipinski definition) is 5. The number of anilines is 3. The Kier molecular flexibility index (Phi) is 4.84. The zero-order valence-electron chi connectivity index (χ0n) is 15.3. The Labute approximate surface area is 162 Å². The van der Waals surface area contributed by atoms with Gasteiger partial charge in [-0.15, -0.1) is 0 Å². The minimum absolute atomic E-state index is 0.189. The molecular formula is C22H19N5O. The summed E-state index contributed by atoms with van der Waals surface area (Å²) in [6, 6.07) is 22.9. The van der Waals surface area contributed by atoms with Gasteiger partial charge in [0.1, 0.15) is 17.0 Å². The van der Waals surface area contributed by atoms with E-state index in [-0.39, 0.29) is 5.56 Å². The lowest BCUT2D eigenvalue weighted by Gasteiger charge is -2.11. The van der Waals surface area contributed by atoms with E-state index in [0.29, 0.717) is 17.0 Å². The summed E-state index contributed by atoms with van der Waals surface area (Å²) in [5.41, 5.74) is 6.33. The van der Waals surface area contributed by atoms with Gasteiger partial charge in [0.2, 0.25) is 0 Å². The van der Waals surface area contributed by atoms with Gasteiger partial charge >= 0.3 is 0 Å². The van der Waals surface area contributed by atoms with Gasteiger partial charge in [-0.05, 0) is 42.8 Å². The summed E-state index contributed by atoms with van der Waals surface area (Å²) in [4.78, 5) is 17.8. The number of para-hydroxylation sites is 2. The highest BCUT2D eigenvalue weighted by atomic mass is 16.1. The molecule has 0 spiro atoms. The van der Waals surface area contributed by atoms with Crippen molar-refractivity contribution in [3.63, 3.8) is 0 Å². The third kappa shape index (κ3) is 3.61. The largest absolute Gasteiger partial charge is 0.339 e. The summed E-state index contributed by atoms with van der Waals surface area (Å²) < 4.78 is 1.54. The molecule has 4 aromatic rings. The van der Waals surface area contributed by atoms with Crippen LogP contribution in [0.1, 0.15) is 11.1 Å². The predicted molar refractivity (Wildman–Crippen MR) is 114 cm³/mol. The number of pyridine rings is 1. The Hall–Kier alpha value is -3.93. The molecule has 6 nitrogen and oxygen atoms in total. The van der Waals surface area contributed by atoms with E-state index < -0.39 is 0 Å². The molecule has 2 heterocycles. The van der Waals surface area contributed by atoms with E-state index in [1.165, 1.54) is 10.6 Å². The zero-order chi connectivity index (χ0) is 19.3. The van der Waals surface area contributed by atoms with Crippen LogP contribution in [0, 0.1) is 6.92 Å². The van der Waals surface area contributed by atoms with Crippen LogP contribution in [0.3, 0.4) is 0 Å². The number of hydrogen-bond donors (Lipinski definition) is 2. The van der Waals surface area contributed by atoms with Crippen LogP contribution in [0.4, 0.5) is 17.2 Å². The molecule has 2 aromatic carbocycles. The first kappa shape index (κ1) is 17.5. The maximum atomic E-state index is 13.1. The number of benzene rings is 2. The van der Waals surface area contributed by atoms with Gasteiger partial charge in [0, 0.05) is 11.9 Å². The van der Waals surface area contributed by atoms with Crippen molar-refractivity contribution in [2.75, 3.05) is 10.7 Å². The molecule has 0 aliphatic heterocycles. The minimum Gasteiger partial charge on any atom is -0.339 e. The lowest BCUT2D eigenvalue weighted by atomic mass is 10.2. The Morgan fingerprint density at radius 1 is 0.929 bits per heavy atom. The van der Waals surface area contributed by atoms with Gasteiger partial charge in [0.05, 0.1) is 11.9 Å². The third-order valence-electron chi connectivity index (χ3n) is 4.28. The number of aromatic nitrogens is 2. The highest BCUT2D eigenvalue weighted by Crippen LogP contribution is 2.18. The van der Waals surface area contributed by atoms with Gasteiger partial charge in [-0.1, -0.05) is 42.5 Å². The maximum Gasteiger partial charge on any atom is 0.268 e. The van der Waals surface area contributed by atoms with Crippen molar-refractivity contribution in [3.8, 4) is 0 Å². The van der Waals surface area contributed by atoms with Crippen LogP contribution in [0.25, 0.3) is 5.65 Å². The van der Waals surface area contributed by atoms with Crippen LogP contribution in [-0.4, -0.2) is 15.6 Å². The SMILES string of the molecule is Cc1cccn2c(=O)c(/C=N/Nc3ccccc3)c(Nc3ccccc3)nc12. The number of nitrogens with one attached hydrogen (secondary N) is 2. The van der Waals surface area contributed by atoms with Crippen molar-refractivity contribution in [2.45, 2.75) is 6.92 Å². The van der Waals surface area contributed by atoms with Crippen LogP contribution in [0.5, 0.6) is 0 Å². The molecule has 2 aromatic heterocycles. The smallest absolute Gasteiger partial charge is 0.268 e. The number of rotatable bonds is 5. The number of hydrazone groups is 1. The topological polar surface area (TPSA) is 70.8 Å². The maximum absolute atomic E-state index is 13.1. The van der Waals surface area contributed by atoms with Gasteiger partial charge in [-0.25, -0.2) is 4.98 Å². The Balaban J connectivity index is 1.79. The number of aryl methyl sites for hydroxylation is 1. The summed E-state index contributed by atoms with van der Waals surface area (Å²) in [5, 5.41) is 7.47. The van der Waals surface area contributed by atoms with Gasteiger partial charge in [0.25, 0.3) is 5.56 Å². The fourth-order valence-corrected chi connectivity index (χ4v) is 2.87. The summed E-state index contributed by atoms with van der Waals surface area (Å²) in [5.74, 6) is 0.462. The second kappa shape index (κ2) is 7.75. The van der Waals surface area contributed by atoms with Crippen LogP contribution in [0.2, 0.25) is 0 Å². The van der Waals surface area contributed by atoms with E-state index in [9.17, 15) is 4.79 Å². The van der Waals surface area contributed by atoms with Crippen molar-refractivity contribution in [1.29, 1.82) is 0 Å². The molecule has 0 aliphatic rings. The van der Waals surface area contributed by atoms with E-state index >= 15 is 0 Å².